The first-order chi connectivity index (χ1) is 15.7. The highest BCUT2D eigenvalue weighted by molar-refractivity contribution is 5.97. The second-order valence-corrected chi connectivity index (χ2v) is 7.33. The number of aromatic nitrogens is 5. The predicted molar refractivity (Wildman–Crippen MR) is 116 cm³/mol. The smallest absolute Gasteiger partial charge is 0.257 e. The Kier molecular flexibility index (Phi) is 5.10. The third-order valence-corrected chi connectivity index (χ3v) is 5.48. The molecule has 1 fully saturated rings. The summed E-state index contributed by atoms with van der Waals surface area (Å²) in [5.74, 6) is 0.775. The Labute approximate surface area is 183 Å². The number of halogens is 1. The molecule has 0 bridgehead atoms. The number of ether oxygens (including phenoxy) is 1. The summed E-state index contributed by atoms with van der Waals surface area (Å²) < 4.78 is 20.5. The molecule has 4 aromatic rings. The largest absolute Gasteiger partial charge is 0.496 e. The number of hydrogen-bond donors (Lipinski definition) is 0. The zero-order chi connectivity index (χ0) is 22.1. The maximum Gasteiger partial charge on any atom is 0.257 e. The summed E-state index contributed by atoms with van der Waals surface area (Å²) in [6.45, 7) is 2.22. The number of carbonyl (C=O) groups excluding carboxylic acids is 1. The van der Waals surface area contributed by atoms with Crippen LogP contribution in [0.5, 0.6) is 5.75 Å². The Bertz CT molecular complexity index is 1280. The molecule has 0 radical (unpaired) electrons. The molecule has 1 saturated heterocycles. The van der Waals surface area contributed by atoms with Crippen LogP contribution in [0.1, 0.15) is 10.4 Å². The van der Waals surface area contributed by atoms with Gasteiger partial charge < -0.3 is 14.5 Å². The molecule has 2 aromatic heterocycles. The highest BCUT2D eigenvalue weighted by Crippen LogP contribution is 2.25. The zero-order valence-electron chi connectivity index (χ0n) is 17.3. The van der Waals surface area contributed by atoms with Gasteiger partial charge in [0.25, 0.3) is 5.91 Å². The zero-order valence-corrected chi connectivity index (χ0v) is 17.3. The van der Waals surface area contributed by atoms with Crippen molar-refractivity contribution >= 4 is 22.9 Å². The Morgan fingerprint density at radius 2 is 1.84 bits per heavy atom. The SMILES string of the molecule is COc1ccccc1C(=O)N1CCN(c2ncnc3c2nnn3-c2cccc(F)c2)CC1. The van der Waals surface area contributed by atoms with Crippen LogP contribution >= 0.6 is 0 Å². The number of methoxy groups -OCH3 is 1. The lowest BCUT2D eigenvalue weighted by Crippen LogP contribution is -2.49. The summed E-state index contributed by atoms with van der Waals surface area (Å²) >= 11 is 0. The Morgan fingerprint density at radius 1 is 1.03 bits per heavy atom. The lowest BCUT2D eigenvalue weighted by molar-refractivity contribution is 0.0743. The minimum Gasteiger partial charge on any atom is -0.496 e. The minimum atomic E-state index is -0.365. The number of piperazine rings is 1. The molecule has 10 heteroatoms. The summed E-state index contributed by atoms with van der Waals surface area (Å²) in [6.07, 6.45) is 1.45. The predicted octanol–water partition coefficient (Wildman–Crippen LogP) is 2.32. The van der Waals surface area contributed by atoms with E-state index in [0.717, 1.165) is 0 Å². The first-order valence-electron chi connectivity index (χ1n) is 10.2. The van der Waals surface area contributed by atoms with Crippen molar-refractivity contribution in [2.24, 2.45) is 0 Å². The second-order valence-electron chi connectivity index (χ2n) is 7.33. The first kappa shape index (κ1) is 19.9. The first-order valence-corrected chi connectivity index (χ1v) is 10.2. The molecule has 0 spiro atoms. The van der Waals surface area contributed by atoms with E-state index < -0.39 is 0 Å². The molecule has 0 aliphatic carbocycles. The van der Waals surface area contributed by atoms with Crippen molar-refractivity contribution in [3.8, 4) is 11.4 Å². The van der Waals surface area contributed by atoms with Gasteiger partial charge in [-0.25, -0.2) is 14.4 Å². The van der Waals surface area contributed by atoms with E-state index in [9.17, 15) is 9.18 Å². The lowest BCUT2D eigenvalue weighted by atomic mass is 10.1. The maximum absolute atomic E-state index is 13.7. The molecule has 3 heterocycles. The standard InChI is InChI=1S/C22H20FN7O2/c1-32-18-8-3-2-7-17(18)22(31)29-11-9-28(10-12-29)20-19-21(25-14-24-20)30(27-26-19)16-6-4-5-15(23)13-16/h2-8,13-14H,9-12H2,1H3. The van der Waals surface area contributed by atoms with E-state index in [-0.39, 0.29) is 11.7 Å². The van der Waals surface area contributed by atoms with Crippen molar-refractivity contribution in [1.29, 1.82) is 0 Å². The van der Waals surface area contributed by atoms with Crippen molar-refractivity contribution in [2.45, 2.75) is 0 Å². The van der Waals surface area contributed by atoms with Crippen LogP contribution in [0.4, 0.5) is 10.2 Å². The molecule has 9 nitrogen and oxygen atoms in total. The van der Waals surface area contributed by atoms with E-state index >= 15 is 0 Å². The summed E-state index contributed by atoms with van der Waals surface area (Å²) in [7, 11) is 1.56. The van der Waals surface area contributed by atoms with Gasteiger partial charge in [0, 0.05) is 26.2 Å². The highest BCUT2D eigenvalue weighted by Gasteiger charge is 2.26. The van der Waals surface area contributed by atoms with Gasteiger partial charge in [-0.1, -0.05) is 23.4 Å². The van der Waals surface area contributed by atoms with Crippen molar-refractivity contribution in [2.75, 3.05) is 38.2 Å². The van der Waals surface area contributed by atoms with Gasteiger partial charge in [-0.15, -0.1) is 5.10 Å². The molecule has 0 saturated carbocycles. The molecule has 0 N–H and O–H groups in total. The Hall–Kier alpha value is -4.08. The molecular formula is C22H20FN7O2. The van der Waals surface area contributed by atoms with Crippen LogP contribution < -0.4 is 9.64 Å². The number of hydrogen-bond acceptors (Lipinski definition) is 7. The summed E-state index contributed by atoms with van der Waals surface area (Å²) in [5.41, 5.74) is 2.10. The molecule has 1 aliphatic heterocycles. The van der Waals surface area contributed by atoms with Gasteiger partial charge in [0.05, 0.1) is 18.4 Å². The maximum atomic E-state index is 13.7. The molecule has 1 amide bonds. The molecule has 0 unspecified atom stereocenters. The van der Waals surface area contributed by atoms with E-state index in [2.05, 4.69) is 25.2 Å². The van der Waals surface area contributed by atoms with E-state index in [1.54, 1.807) is 36.3 Å². The third-order valence-electron chi connectivity index (χ3n) is 5.48. The normalized spacial score (nSPS) is 14.1. The highest BCUT2D eigenvalue weighted by atomic mass is 19.1. The van der Waals surface area contributed by atoms with Gasteiger partial charge in [0.1, 0.15) is 17.9 Å². The molecule has 5 rings (SSSR count). The van der Waals surface area contributed by atoms with Crippen LogP contribution in [-0.2, 0) is 0 Å². The van der Waals surface area contributed by atoms with Gasteiger partial charge >= 0.3 is 0 Å². The topological polar surface area (TPSA) is 89.3 Å². The van der Waals surface area contributed by atoms with Gasteiger partial charge in [0.2, 0.25) is 0 Å². The summed E-state index contributed by atoms with van der Waals surface area (Å²) in [4.78, 5) is 25.5. The van der Waals surface area contributed by atoms with Crippen molar-refractivity contribution in [3.05, 3.63) is 66.2 Å². The number of anilines is 1. The number of carbonyl (C=O) groups is 1. The van der Waals surface area contributed by atoms with Gasteiger partial charge in [-0.05, 0) is 30.3 Å². The number of rotatable bonds is 4. The van der Waals surface area contributed by atoms with Crippen LogP contribution in [0.2, 0.25) is 0 Å². The van der Waals surface area contributed by atoms with Crippen LogP contribution in [0, 0.1) is 5.82 Å². The Morgan fingerprint density at radius 3 is 2.62 bits per heavy atom. The number of nitrogens with zero attached hydrogens (tertiary/aromatic N) is 7. The number of amides is 1. The van der Waals surface area contributed by atoms with Gasteiger partial charge in [-0.2, -0.15) is 4.68 Å². The Balaban J connectivity index is 1.37. The van der Waals surface area contributed by atoms with Crippen molar-refractivity contribution in [3.63, 3.8) is 0 Å². The van der Waals surface area contributed by atoms with E-state index in [0.29, 0.717) is 60.2 Å². The summed E-state index contributed by atoms with van der Waals surface area (Å²) in [5, 5.41) is 8.41. The number of benzene rings is 2. The average Bonchev–Trinajstić information content (AvgIpc) is 3.28. The van der Waals surface area contributed by atoms with E-state index in [4.69, 9.17) is 4.74 Å². The second kappa shape index (κ2) is 8.22. The van der Waals surface area contributed by atoms with Crippen molar-refractivity contribution in [1.82, 2.24) is 29.9 Å². The minimum absolute atomic E-state index is 0.0630. The van der Waals surface area contributed by atoms with Crippen molar-refractivity contribution < 1.29 is 13.9 Å². The fourth-order valence-electron chi connectivity index (χ4n) is 3.86. The molecule has 1 aliphatic rings. The number of fused-ring (bicyclic) bond motifs is 1. The summed E-state index contributed by atoms with van der Waals surface area (Å²) in [6, 6.07) is 13.3. The average molecular weight is 433 g/mol. The molecule has 2 aromatic carbocycles. The molecule has 32 heavy (non-hydrogen) atoms. The van der Waals surface area contributed by atoms with Crippen LogP contribution in [0.15, 0.2) is 54.9 Å². The van der Waals surface area contributed by atoms with E-state index in [1.165, 1.54) is 23.1 Å². The number of para-hydroxylation sites is 1. The quantitative estimate of drug-likeness (QED) is 0.488. The van der Waals surface area contributed by atoms with Gasteiger partial charge in [0.15, 0.2) is 17.0 Å². The fraction of sp³-hybridized carbons (Fsp3) is 0.227. The van der Waals surface area contributed by atoms with Crippen LogP contribution in [-0.4, -0.2) is 69.1 Å². The molecule has 0 atom stereocenters. The molecule has 162 valence electrons. The van der Waals surface area contributed by atoms with Gasteiger partial charge in [-0.3, -0.25) is 4.79 Å². The monoisotopic (exact) mass is 433 g/mol. The third kappa shape index (κ3) is 3.49. The fourth-order valence-corrected chi connectivity index (χ4v) is 3.86. The van der Waals surface area contributed by atoms with Crippen LogP contribution in [0.25, 0.3) is 16.9 Å². The van der Waals surface area contributed by atoms with Crippen LogP contribution in [0.3, 0.4) is 0 Å². The molecular weight excluding hydrogens is 413 g/mol. The lowest BCUT2D eigenvalue weighted by Gasteiger charge is -2.35. The van der Waals surface area contributed by atoms with E-state index in [1.807, 2.05) is 12.1 Å².